The van der Waals surface area contributed by atoms with Crippen LogP contribution in [0.15, 0.2) is 53.4 Å². The van der Waals surface area contributed by atoms with Crippen molar-refractivity contribution in [3.63, 3.8) is 0 Å². The molecule has 2 aromatic carbocycles. The van der Waals surface area contributed by atoms with Crippen LogP contribution in [-0.4, -0.2) is 10.7 Å². The Morgan fingerprint density at radius 3 is 2.09 bits per heavy atom. The predicted octanol–water partition coefficient (Wildman–Crippen LogP) is 4.95. The van der Waals surface area contributed by atoms with Crippen LogP contribution in [0.3, 0.4) is 0 Å². The number of non-ortho nitro benzene ring substituents is 1. The third-order valence-corrected chi connectivity index (χ3v) is 4.00. The molecule has 0 bridgehead atoms. The molecule has 0 amide bonds. The van der Waals surface area contributed by atoms with Crippen molar-refractivity contribution in [3.8, 4) is 0 Å². The minimum atomic E-state index is -4.31. The molecule has 0 aliphatic rings. The van der Waals surface area contributed by atoms with Crippen LogP contribution in [0.2, 0.25) is 0 Å². The monoisotopic (exact) mass is 327 g/mol. The van der Waals surface area contributed by atoms with Crippen molar-refractivity contribution in [2.24, 2.45) is 0 Å². The number of nitro groups is 1. The van der Waals surface area contributed by atoms with Crippen LogP contribution in [0.25, 0.3) is 0 Å². The van der Waals surface area contributed by atoms with Crippen LogP contribution in [0.4, 0.5) is 18.9 Å². The number of nitrogens with zero attached hydrogens (tertiary/aromatic N) is 1. The van der Waals surface area contributed by atoms with Crippen molar-refractivity contribution in [1.82, 2.24) is 0 Å². The second-order valence-corrected chi connectivity index (χ2v) is 5.71. The van der Waals surface area contributed by atoms with Crippen LogP contribution in [0, 0.1) is 10.1 Å². The van der Waals surface area contributed by atoms with Gasteiger partial charge < -0.3 is 0 Å². The Bertz CT molecular complexity index is 639. The Labute approximate surface area is 129 Å². The maximum absolute atomic E-state index is 12.4. The van der Waals surface area contributed by atoms with Gasteiger partial charge in [0, 0.05) is 22.8 Å². The molecule has 0 saturated heterocycles. The van der Waals surface area contributed by atoms with E-state index < -0.39 is 16.7 Å². The lowest BCUT2D eigenvalue weighted by Gasteiger charge is -2.07. The molecule has 2 aromatic rings. The van der Waals surface area contributed by atoms with Crippen LogP contribution >= 0.6 is 11.8 Å². The number of benzene rings is 2. The van der Waals surface area contributed by atoms with Gasteiger partial charge in [0.15, 0.2) is 0 Å². The molecule has 3 nitrogen and oxygen atoms in total. The van der Waals surface area contributed by atoms with Crippen molar-refractivity contribution in [3.05, 3.63) is 69.8 Å². The Balaban J connectivity index is 1.87. The van der Waals surface area contributed by atoms with E-state index >= 15 is 0 Å². The Kier molecular flexibility index (Phi) is 5.07. The molecule has 7 heteroatoms. The van der Waals surface area contributed by atoms with Gasteiger partial charge in [-0.2, -0.15) is 13.2 Å². The third kappa shape index (κ3) is 4.49. The van der Waals surface area contributed by atoms with Gasteiger partial charge in [-0.05, 0) is 36.2 Å². The van der Waals surface area contributed by atoms with E-state index in [1.165, 1.54) is 36.0 Å². The van der Waals surface area contributed by atoms with Gasteiger partial charge in [0.2, 0.25) is 0 Å². The maximum atomic E-state index is 12.4. The first-order valence-electron chi connectivity index (χ1n) is 6.39. The molecule has 0 heterocycles. The lowest BCUT2D eigenvalue weighted by Crippen LogP contribution is -2.04. The highest BCUT2D eigenvalue weighted by molar-refractivity contribution is 7.99. The van der Waals surface area contributed by atoms with Crippen molar-refractivity contribution < 1.29 is 18.1 Å². The van der Waals surface area contributed by atoms with Crippen molar-refractivity contribution >= 4 is 17.4 Å². The van der Waals surface area contributed by atoms with Crippen LogP contribution < -0.4 is 0 Å². The van der Waals surface area contributed by atoms with Gasteiger partial charge in [0.05, 0.1) is 10.5 Å². The van der Waals surface area contributed by atoms with E-state index in [9.17, 15) is 23.3 Å². The van der Waals surface area contributed by atoms with Gasteiger partial charge in [-0.25, -0.2) is 0 Å². The summed E-state index contributed by atoms with van der Waals surface area (Å²) in [6.45, 7) is 0. The van der Waals surface area contributed by atoms with E-state index in [4.69, 9.17) is 0 Å². The summed E-state index contributed by atoms with van der Waals surface area (Å²) >= 11 is 1.50. The molecule has 0 radical (unpaired) electrons. The lowest BCUT2D eigenvalue weighted by atomic mass is 10.1. The minimum Gasteiger partial charge on any atom is -0.258 e. The van der Waals surface area contributed by atoms with Crippen LogP contribution in [-0.2, 0) is 12.6 Å². The number of hydrogen-bond donors (Lipinski definition) is 0. The van der Waals surface area contributed by atoms with Gasteiger partial charge in [0.25, 0.3) is 5.69 Å². The van der Waals surface area contributed by atoms with Gasteiger partial charge in [-0.3, -0.25) is 10.1 Å². The standard InChI is InChI=1S/C15H12F3NO2S/c16-15(17,18)12-3-1-11(2-4-12)9-10-22-14-7-5-13(6-8-14)19(20)21/h1-8H,9-10H2. The highest BCUT2D eigenvalue weighted by atomic mass is 32.2. The molecule has 0 N–H and O–H groups in total. The smallest absolute Gasteiger partial charge is 0.258 e. The van der Waals surface area contributed by atoms with Gasteiger partial charge >= 0.3 is 6.18 Å². The van der Waals surface area contributed by atoms with Crippen LogP contribution in [0.5, 0.6) is 0 Å². The van der Waals surface area contributed by atoms with Crippen molar-refractivity contribution in [2.45, 2.75) is 17.5 Å². The summed E-state index contributed by atoms with van der Waals surface area (Å²) in [6.07, 6.45) is -3.69. The molecular weight excluding hydrogens is 315 g/mol. The fourth-order valence-electron chi connectivity index (χ4n) is 1.81. The third-order valence-electron chi connectivity index (χ3n) is 2.99. The van der Waals surface area contributed by atoms with Gasteiger partial charge in [0.1, 0.15) is 0 Å². The number of aryl methyl sites for hydroxylation is 1. The fourth-order valence-corrected chi connectivity index (χ4v) is 2.71. The largest absolute Gasteiger partial charge is 0.416 e. The highest BCUT2D eigenvalue weighted by Crippen LogP contribution is 2.29. The maximum Gasteiger partial charge on any atom is 0.416 e. The Hall–Kier alpha value is -2.02. The molecule has 116 valence electrons. The SMILES string of the molecule is O=[N+]([O-])c1ccc(SCCc2ccc(C(F)(F)F)cc2)cc1. The normalized spacial score (nSPS) is 11.4. The lowest BCUT2D eigenvalue weighted by molar-refractivity contribution is -0.384. The summed E-state index contributed by atoms with van der Waals surface area (Å²) in [5, 5.41) is 10.5. The molecule has 0 unspecified atom stereocenters. The van der Waals surface area contributed by atoms with E-state index in [-0.39, 0.29) is 5.69 Å². The minimum absolute atomic E-state index is 0.0343. The highest BCUT2D eigenvalue weighted by Gasteiger charge is 2.29. The summed E-state index contributed by atoms with van der Waals surface area (Å²) in [4.78, 5) is 11.0. The summed E-state index contributed by atoms with van der Waals surface area (Å²) in [7, 11) is 0. The summed E-state index contributed by atoms with van der Waals surface area (Å²) in [6, 6.07) is 11.3. The van der Waals surface area contributed by atoms with Crippen molar-refractivity contribution in [2.75, 3.05) is 5.75 Å². The number of hydrogen-bond acceptors (Lipinski definition) is 3. The van der Waals surface area contributed by atoms with Crippen molar-refractivity contribution in [1.29, 1.82) is 0 Å². The Morgan fingerprint density at radius 2 is 1.59 bits per heavy atom. The number of alkyl halides is 3. The van der Waals surface area contributed by atoms with Gasteiger partial charge in [-0.1, -0.05) is 12.1 Å². The van der Waals surface area contributed by atoms with E-state index in [0.29, 0.717) is 12.2 Å². The molecular formula is C15H12F3NO2S. The molecule has 0 aromatic heterocycles. The molecule has 0 saturated carbocycles. The second-order valence-electron chi connectivity index (χ2n) is 4.54. The molecule has 0 atom stereocenters. The predicted molar refractivity (Wildman–Crippen MR) is 79.0 cm³/mol. The number of halogens is 3. The molecule has 22 heavy (non-hydrogen) atoms. The van der Waals surface area contributed by atoms with E-state index in [2.05, 4.69) is 0 Å². The zero-order valence-corrected chi connectivity index (χ0v) is 12.2. The first kappa shape index (κ1) is 16.4. The number of rotatable bonds is 5. The average Bonchev–Trinajstić information content (AvgIpc) is 2.47. The quantitative estimate of drug-likeness (QED) is 0.443. The second kappa shape index (κ2) is 6.83. The first-order valence-corrected chi connectivity index (χ1v) is 7.38. The first-order chi connectivity index (χ1) is 10.4. The average molecular weight is 327 g/mol. The molecule has 0 spiro atoms. The summed E-state index contributed by atoms with van der Waals surface area (Å²) < 4.78 is 37.3. The zero-order chi connectivity index (χ0) is 16.2. The van der Waals surface area contributed by atoms with E-state index in [1.807, 2.05) is 0 Å². The molecule has 0 aliphatic heterocycles. The van der Waals surface area contributed by atoms with E-state index in [1.54, 1.807) is 12.1 Å². The van der Waals surface area contributed by atoms with Gasteiger partial charge in [-0.15, -0.1) is 11.8 Å². The summed E-state index contributed by atoms with van der Waals surface area (Å²) in [5.41, 5.74) is 0.203. The topological polar surface area (TPSA) is 43.1 Å². The van der Waals surface area contributed by atoms with Crippen LogP contribution in [0.1, 0.15) is 11.1 Å². The zero-order valence-electron chi connectivity index (χ0n) is 11.3. The summed E-state index contributed by atoms with van der Waals surface area (Å²) in [5.74, 6) is 0.684. The molecule has 0 fully saturated rings. The number of thioether (sulfide) groups is 1. The van der Waals surface area contributed by atoms with E-state index in [0.717, 1.165) is 22.6 Å². The Morgan fingerprint density at radius 1 is 1.00 bits per heavy atom. The molecule has 2 rings (SSSR count). The number of nitro benzene ring substituents is 1. The fraction of sp³-hybridized carbons (Fsp3) is 0.200. The molecule has 0 aliphatic carbocycles.